The van der Waals surface area contributed by atoms with Crippen molar-refractivity contribution in [3.8, 4) is 28.5 Å². The number of aromatic nitrogens is 2. The minimum atomic E-state index is -0.264. The lowest BCUT2D eigenvalue weighted by Gasteiger charge is -2.26. The molecule has 0 atom stereocenters. The zero-order chi connectivity index (χ0) is 23.8. The molecule has 0 bridgehead atoms. The van der Waals surface area contributed by atoms with Crippen molar-refractivity contribution in [2.45, 2.75) is 0 Å². The molecule has 3 aromatic rings. The van der Waals surface area contributed by atoms with Crippen molar-refractivity contribution < 1.29 is 23.7 Å². The Morgan fingerprint density at radius 3 is 2.68 bits per heavy atom. The van der Waals surface area contributed by atoms with Crippen LogP contribution in [0.3, 0.4) is 0 Å². The number of hydrogen-bond acceptors (Lipinski definition) is 7. The van der Waals surface area contributed by atoms with E-state index in [1.54, 1.807) is 30.1 Å². The fourth-order valence-electron chi connectivity index (χ4n) is 3.72. The number of aryl methyl sites for hydroxylation is 1. The predicted molar refractivity (Wildman–Crippen MR) is 129 cm³/mol. The summed E-state index contributed by atoms with van der Waals surface area (Å²) in [5, 5.41) is 7.17. The molecule has 0 radical (unpaired) electrons. The first-order valence-electron chi connectivity index (χ1n) is 11.2. The number of hydrogen-bond donors (Lipinski definition) is 1. The summed E-state index contributed by atoms with van der Waals surface area (Å²) in [6.45, 7) is 4.62. The first kappa shape index (κ1) is 23.6. The van der Waals surface area contributed by atoms with E-state index in [2.05, 4.69) is 15.3 Å². The number of carbonyl (C=O) groups excluding carboxylic acids is 1. The third kappa shape index (κ3) is 6.27. The first-order chi connectivity index (χ1) is 16.6. The van der Waals surface area contributed by atoms with Crippen molar-refractivity contribution in [3.05, 3.63) is 54.7 Å². The lowest BCUT2D eigenvalue weighted by molar-refractivity contribution is -0.118. The number of amides is 1. The van der Waals surface area contributed by atoms with E-state index < -0.39 is 0 Å². The summed E-state index contributed by atoms with van der Waals surface area (Å²) in [7, 11) is 3.46. The Kier molecular flexibility index (Phi) is 8.00. The maximum absolute atomic E-state index is 12.5. The summed E-state index contributed by atoms with van der Waals surface area (Å²) >= 11 is 0. The molecule has 1 fully saturated rings. The molecule has 180 valence electrons. The highest BCUT2D eigenvalue weighted by molar-refractivity contribution is 5.93. The second-order valence-electron chi connectivity index (χ2n) is 7.87. The van der Waals surface area contributed by atoms with E-state index in [-0.39, 0.29) is 12.5 Å². The highest BCUT2D eigenvalue weighted by atomic mass is 16.5. The Morgan fingerprint density at radius 2 is 1.91 bits per heavy atom. The number of carbonyl (C=O) groups is 1. The molecular weight excluding hydrogens is 436 g/mol. The predicted octanol–water partition coefficient (Wildman–Crippen LogP) is 2.82. The van der Waals surface area contributed by atoms with E-state index in [1.807, 2.05) is 43.4 Å². The van der Waals surface area contributed by atoms with Crippen LogP contribution in [-0.4, -0.2) is 73.8 Å². The van der Waals surface area contributed by atoms with Crippen molar-refractivity contribution in [1.29, 1.82) is 0 Å². The maximum Gasteiger partial charge on any atom is 0.262 e. The summed E-state index contributed by atoms with van der Waals surface area (Å²) in [4.78, 5) is 14.8. The summed E-state index contributed by atoms with van der Waals surface area (Å²) in [5.74, 6) is 1.71. The van der Waals surface area contributed by atoms with Crippen LogP contribution in [-0.2, 0) is 16.6 Å². The zero-order valence-corrected chi connectivity index (χ0v) is 19.5. The van der Waals surface area contributed by atoms with Gasteiger partial charge in [0.1, 0.15) is 23.9 Å². The number of nitrogens with one attached hydrogen (secondary N) is 1. The van der Waals surface area contributed by atoms with Gasteiger partial charge in [-0.2, -0.15) is 5.10 Å². The van der Waals surface area contributed by atoms with Crippen molar-refractivity contribution in [2.75, 3.05) is 58.5 Å². The quantitative estimate of drug-likeness (QED) is 0.492. The zero-order valence-electron chi connectivity index (χ0n) is 19.5. The van der Waals surface area contributed by atoms with Crippen molar-refractivity contribution in [2.24, 2.45) is 7.05 Å². The molecular formula is C25H30N4O5. The molecule has 1 aliphatic rings. The van der Waals surface area contributed by atoms with Crippen LogP contribution < -0.4 is 19.5 Å². The van der Waals surface area contributed by atoms with Crippen LogP contribution in [0.5, 0.6) is 17.2 Å². The van der Waals surface area contributed by atoms with Gasteiger partial charge < -0.3 is 24.3 Å². The monoisotopic (exact) mass is 466 g/mol. The third-order valence-electron chi connectivity index (χ3n) is 5.54. The van der Waals surface area contributed by atoms with Gasteiger partial charge in [-0.15, -0.1) is 0 Å². The Hall–Kier alpha value is -3.56. The summed E-state index contributed by atoms with van der Waals surface area (Å²) in [6.07, 6.45) is 1.74. The minimum absolute atomic E-state index is 0.119. The van der Waals surface area contributed by atoms with Gasteiger partial charge in [-0.05, 0) is 36.4 Å². The second kappa shape index (κ2) is 11.5. The van der Waals surface area contributed by atoms with E-state index in [9.17, 15) is 4.79 Å². The van der Waals surface area contributed by atoms with E-state index in [0.717, 1.165) is 49.9 Å². The number of rotatable bonds is 10. The second-order valence-corrected chi connectivity index (χ2v) is 7.87. The Morgan fingerprint density at radius 1 is 1.09 bits per heavy atom. The molecule has 1 amide bonds. The number of ether oxygens (including phenoxy) is 4. The van der Waals surface area contributed by atoms with Gasteiger partial charge in [-0.25, -0.2) is 0 Å². The molecule has 0 aliphatic carbocycles. The summed E-state index contributed by atoms with van der Waals surface area (Å²) in [5.41, 5.74) is 2.40. The SMILES string of the molecule is COc1cccc(OCC(=O)Nc2ccc(OCCN3CCOCC3)c(-c3ccnn3C)c2)c1. The molecule has 2 heterocycles. The smallest absolute Gasteiger partial charge is 0.262 e. The average molecular weight is 467 g/mol. The molecule has 9 heteroatoms. The van der Waals surface area contributed by atoms with Crippen molar-refractivity contribution >= 4 is 11.6 Å². The Labute approximate surface area is 199 Å². The molecule has 1 aliphatic heterocycles. The van der Waals surface area contributed by atoms with E-state index in [0.29, 0.717) is 23.8 Å². The van der Waals surface area contributed by atoms with Gasteiger partial charge in [-0.3, -0.25) is 14.4 Å². The normalized spacial score (nSPS) is 13.9. The van der Waals surface area contributed by atoms with Gasteiger partial charge in [0, 0.05) is 50.2 Å². The van der Waals surface area contributed by atoms with Crippen LogP contribution in [0.2, 0.25) is 0 Å². The molecule has 34 heavy (non-hydrogen) atoms. The maximum atomic E-state index is 12.5. The van der Waals surface area contributed by atoms with E-state index in [1.165, 1.54) is 0 Å². The lowest BCUT2D eigenvalue weighted by atomic mass is 10.1. The summed E-state index contributed by atoms with van der Waals surface area (Å²) in [6, 6.07) is 14.7. The average Bonchev–Trinajstić information content (AvgIpc) is 3.30. The molecule has 0 spiro atoms. The van der Waals surface area contributed by atoms with Crippen LogP contribution in [0.4, 0.5) is 5.69 Å². The van der Waals surface area contributed by atoms with Gasteiger partial charge in [-0.1, -0.05) is 6.07 Å². The molecule has 2 aromatic carbocycles. The Bertz CT molecular complexity index is 1090. The highest BCUT2D eigenvalue weighted by Crippen LogP contribution is 2.32. The standard InChI is InChI=1S/C25H30N4O5/c1-28-23(8-9-26-28)22-16-19(6-7-24(22)33-15-12-29-10-13-32-14-11-29)27-25(30)18-34-21-5-3-4-20(17-21)31-2/h3-9,16-17H,10-15,18H2,1-2H3,(H,27,30). The van der Waals surface area contributed by atoms with Gasteiger partial charge >= 0.3 is 0 Å². The molecule has 1 aromatic heterocycles. The van der Waals surface area contributed by atoms with Crippen LogP contribution >= 0.6 is 0 Å². The number of nitrogens with zero attached hydrogens (tertiary/aromatic N) is 3. The number of benzene rings is 2. The van der Waals surface area contributed by atoms with Crippen LogP contribution in [0.25, 0.3) is 11.3 Å². The molecule has 1 N–H and O–H groups in total. The first-order valence-corrected chi connectivity index (χ1v) is 11.2. The highest BCUT2D eigenvalue weighted by Gasteiger charge is 2.15. The van der Waals surface area contributed by atoms with Gasteiger partial charge in [0.15, 0.2) is 6.61 Å². The minimum Gasteiger partial charge on any atom is -0.497 e. The topological polar surface area (TPSA) is 87.1 Å². The van der Waals surface area contributed by atoms with Crippen LogP contribution in [0.1, 0.15) is 0 Å². The molecule has 0 unspecified atom stereocenters. The largest absolute Gasteiger partial charge is 0.497 e. The van der Waals surface area contributed by atoms with Crippen molar-refractivity contribution in [3.63, 3.8) is 0 Å². The Balaban J connectivity index is 1.41. The fraction of sp³-hybridized carbons (Fsp3) is 0.360. The van der Waals surface area contributed by atoms with E-state index >= 15 is 0 Å². The third-order valence-corrected chi connectivity index (χ3v) is 5.54. The molecule has 1 saturated heterocycles. The van der Waals surface area contributed by atoms with Gasteiger partial charge in [0.05, 0.1) is 26.0 Å². The number of methoxy groups -OCH3 is 1. The lowest BCUT2D eigenvalue weighted by Crippen LogP contribution is -2.38. The number of morpholine rings is 1. The van der Waals surface area contributed by atoms with Crippen molar-refractivity contribution in [1.82, 2.24) is 14.7 Å². The molecule has 4 rings (SSSR count). The van der Waals surface area contributed by atoms with Gasteiger partial charge in [0.2, 0.25) is 0 Å². The molecule has 9 nitrogen and oxygen atoms in total. The number of anilines is 1. The fourth-order valence-corrected chi connectivity index (χ4v) is 3.72. The van der Waals surface area contributed by atoms with Gasteiger partial charge in [0.25, 0.3) is 5.91 Å². The molecule has 0 saturated carbocycles. The van der Waals surface area contributed by atoms with Crippen LogP contribution in [0, 0.1) is 0 Å². The van der Waals surface area contributed by atoms with E-state index in [4.69, 9.17) is 18.9 Å². The summed E-state index contributed by atoms with van der Waals surface area (Å²) < 4.78 is 24.1. The van der Waals surface area contributed by atoms with Crippen LogP contribution in [0.15, 0.2) is 54.7 Å².